The lowest BCUT2D eigenvalue weighted by Gasteiger charge is -2.04. The Kier molecular flexibility index (Phi) is 5.75. The van der Waals surface area contributed by atoms with Crippen LogP contribution in [0.1, 0.15) is 9.75 Å². The van der Waals surface area contributed by atoms with Crippen LogP contribution in [0.2, 0.25) is 0 Å². The summed E-state index contributed by atoms with van der Waals surface area (Å²) in [6.07, 6.45) is -2.37. The minimum atomic E-state index is -2.37. The molecule has 15 heavy (non-hydrogen) atoms. The first-order valence-corrected chi connectivity index (χ1v) is 5.62. The van der Waals surface area contributed by atoms with Crippen molar-refractivity contribution in [3.63, 3.8) is 0 Å². The van der Waals surface area contributed by atoms with E-state index < -0.39 is 13.0 Å². The molecule has 0 aliphatic rings. The first kappa shape index (κ1) is 12.5. The molecule has 0 spiro atoms. The zero-order valence-corrected chi connectivity index (χ0v) is 9.45. The smallest absolute Gasteiger partial charge is 0.261 e. The van der Waals surface area contributed by atoms with Crippen molar-refractivity contribution in [2.24, 2.45) is 0 Å². The van der Waals surface area contributed by atoms with E-state index in [4.69, 9.17) is 4.74 Å². The monoisotopic (exact) mass is 235 g/mol. The van der Waals surface area contributed by atoms with E-state index in [1.165, 1.54) is 9.75 Å². The van der Waals surface area contributed by atoms with Gasteiger partial charge in [0.25, 0.3) is 6.43 Å². The summed E-state index contributed by atoms with van der Waals surface area (Å²) in [4.78, 5) is 2.53. The molecular formula is C10H15F2NOS. The fourth-order valence-electron chi connectivity index (χ4n) is 1.11. The van der Waals surface area contributed by atoms with E-state index in [9.17, 15) is 8.78 Å². The second kappa shape index (κ2) is 6.87. The molecule has 5 heteroatoms. The molecule has 0 aliphatic carbocycles. The standard InChI is InChI=1S/C10H15F2NOS/c1-8-2-3-9(15-8)6-13-4-5-14-7-10(11)12/h2-3,10,13H,4-7H2,1H3. The van der Waals surface area contributed by atoms with Crippen LogP contribution in [0, 0.1) is 6.92 Å². The third-order valence-electron chi connectivity index (χ3n) is 1.76. The maximum absolute atomic E-state index is 11.7. The second-order valence-electron chi connectivity index (χ2n) is 3.16. The van der Waals surface area contributed by atoms with E-state index in [0.717, 1.165) is 6.54 Å². The molecule has 0 aromatic carbocycles. The fraction of sp³-hybridized carbons (Fsp3) is 0.600. The minimum absolute atomic E-state index is 0.328. The van der Waals surface area contributed by atoms with Crippen LogP contribution in [0.4, 0.5) is 8.78 Å². The Morgan fingerprint density at radius 2 is 2.27 bits per heavy atom. The number of aryl methyl sites for hydroxylation is 1. The Hall–Kier alpha value is -0.520. The molecule has 0 unspecified atom stereocenters. The lowest BCUT2D eigenvalue weighted by molar-refractivity contribution is 0.0187. The molecule has 0 aliphatic heterocycles. The number of rotatable bonds is 7. The van der Waals surface area contributed by atoms with Gasteiger partial charge in [-0.25, -0.2) is 8.78 Å². The summed E-state index contributed by atoms with van der Waals surface area (Å²) in [6, 6.07) is 4.13. The van der Waals surface area contributed by atoms with E-state index in [-0.39, 0.29) is 0 Å². The largest absolute Gasteiger partial charge is 0.374 e. The quantitative estimate of drug-likeness (QED) is 0.733. The van der Waals surface area contributed by atoms with Gasteiger partial charge in [0.15, 0.2) is 0 Å². The number of hydrogen-bond acceptors (Lipinski definition) is 3. The Morgan fingerprint density at radius 3 is 2.87 bits per heavy atom. The molecule has 0 radical (unpaired) electrons. The van der Waals surface area contributed by atoms with E-state index in [2.05, 4.69) is 24.4 Å². The molecule has 0 bridgehead atoms. The molecule has 0 amide bonds. The van der Waals surface area contributed by atoms with Crippen LogP contribution in [0.5, 0.6) is 0 Å². The second-order valence-corrected chi connectivity index (χ2v) is 4.53. The highest BCUT2D eigenvalue weighted by atomic mass is 32.1. The minimum Gasteiger partial charge on any atom is -0.374 e. The van der Waals surface area contributed by atoms with Crippen molar-refractivity contribution in [1.82, 2.24) is 5.32 Å². The van der Waals surface area contributed by atoms with Crippen molar-refractivity contribution in [2.75, 3.05) is 19.8 Å². The van der Waals surface area contributed by atoms with Crippen molar-refractivity contribution in [1.29, 1.82) is 0 Å². The van der Waals surface area contributed by atoms with E-state index in [1.54, 1.807) is 11.3 Å². The van der Waals surface area contributed by atoms with E-state index in [1.807, 2.05) is 0 Å². The van der Waals surface area contributed by atoms with Gasteiger partial charge in [-0.2, -0.15) is 0 Å². The predicted octanol–water partition coefficient (Wildman–Crippen LogP) is 2.43. The van der Waals surface area contributed by atoms with Crippen LogP contribution in [-0.4, -0.2) is 26.2 Å². The van der Waals surface area contributed by atoms with Crippen LogP contribution in [0.25, 0.3) is 0 Å². The highest BCUT2D eigenvalue weighted by Crippen LogP contribution is 2.14. The average Bonchev–Trinajstić information content (AvgIpc) is 2.57. The van der Waals surface area contributed by atoms with E-state index >= 15 is 0 Å². The Labute approximate surface area is 92.3 Å². The van der Waals surface area contributed by atoms with Gasteiger partial charge in [-0.05, 0) is 19.1 Å². The van der Waals surface area contributed by atoms with Crippen LogP contribution < -0.4 is 5.32 Å². The number of ether oxygens (including phenoxy) is 1. The average molecular weight is 235 g/mol. The fourth-order valence-corrected chi connectivity index (χ4v) is 1.97. The van der Waals surface area contributed by atoms with Gasteiger partial charge in [0.05, 0.1) is 6.61 Å². The van der Waals surface area contributed by atoms with Crippen LogP contribution in [-0.2, 0) is 11.3 Å². The van der Waals surface area contributed by atoms with Crippen molar-refractivity contribution in [3.05, 3.63) is 21.9 Å². The van der Waals surface area contributed by atoms with Crippen molar-refractivity contribution < 1.29 is 13.5 Å². The summed E-state index contributed by atoms with van der Waals surface area (Å²) < 4.78 is 28.1. The molecule has 1 rings (SSSR count). The molecule has 0 fully saturated rings. The summed E-state index contributed by atoms with van der Waals surface area (Å²) >= 11 is 1.73. The molecule has 0 atom stereocenters. The maximum atomic E-state index is 11.7. The topological polar surface area (TPSA) is 21.3 Å². The third kappa shape index (κ3) is 5.81. The molecule has 2 nitrogen and oxygen atoms in total. The van der Waals surface area contributed by atoms with Gasteiger partial charge in [-0.1, -0.05) is 0 Å². The summed E-state index contributed by atoms with van der Waals surface area (Å²) in [6.45, 7) is 3.29. The van der Waals surface area contributed by atoms with Crippen LogP contribution in [0.3, 0.4) is 0 Å². The van der Waals surface area contributed by atoms with Crippen LogP contribution in [0.15, 0.2) is 12.1 Å². The number of hydrogen-bond donors (Lipinski definition) is 1. The van der Waals surface area contributed by atoms with Gasteiger partial charge in [0.1, 0.15) is 6.61 Å². The Balaban J connectivity index is 1.98. The molecule has 0 saturated heterocycles. The lowest BCUT2D eigenvalue weighted by atomic mass is 10.4. The van der Waals surface area contributed by atoms with Gasteiger partial charge < -0.3 is 10.1 Å². The molecule has 1 heterocycles. The summed E-state index contributed by atoms with van der Waals surface area (Å²) in [5.74, 6) is 0. The predicted molar refractivity (Wildman–Crippen MR) is 57.6 cm³/mol. The number of nitrogens with one attached hydrogen (secondary N) is 1. The molecule has 0 saturated carbocycles. The number of alkyl halides is 2. The van der Waals surface area contributed by atoms with Crippen LogP contribution >= 0.6 is 11.3 Å². The van der Waals surface area contributed by atoms with Crippen molar-refractivity contribution in [3.8, 4) is 0 Å². The Bertz CT molecular complexity index is 278. The summed E-state index contributed by atoms with van der Waals surface area (Å²) in [5.41, 5.74) is 0. The van der Waals surface area contributed by atoms with Gasteiger partial charge in [0, 0.05) is 22.8 Å². The first-order valence-electron chi connectivity index (χ1n) is 4.80. The Morgan fingerprint density at radius 1 is 1.47 bits per heavy atom. The van der Waals surface area contributed by atoms with Gasteiger partial charge in [0.2, 0.25) is 0 Å². The van der Waals surface area contributed by atoms with E-state index in [0.29, 0.717) is 13.2 Å². The molecule has 1 aromatic rings. The molecule has 1 N–H and O–H groups in total. The summed E-state index contributed by atoms with van der Waals surface area (Å²) in [5, 5.41) is 3.13. The van der Waals surface area contributed by atoms with Crippen molar-refractivity contribution >= 4 is 11.3 Å². The SMILES string of the molecule is Cc1ccc(CNCCOCC(F)F)s1. The maximum Gasteiger partial charge on any atom is 0.261 e. The first-order chi connectivity index (χ1) is 7.18. The van der Waals surface area contributed by atoms with Gasteiger partial charge >= 0.3 is 0 Å². The molecular weight excluding hydrogens is 220 g/mol. The normalized spacial score (nSPS) is 11.2. The summed E-state index contributed by atoms with van der Waals surface area (Å²) in [7, 11) is 0. The number of halogens is 2. The zero-order valence-electron chi connectivity index (χ0n) is 8.63. The third-order valence-corrected chi connectivity index (χ3v) is 2.76. The highest BCUT2D eigenvalue weighted by Gasteiger charge is 2.01. The highest BCUT2D eigenvalue weighted by molar-refractivity contribution is 7.11. The van der Waals surface area contributed by atoms with Gasteiger partial charge in [-0.3, -0.25) is 0 Å². The van der Waals surface area contributed by atoms with Gasteiger partial charge in [-0.15, -0.1) is 11.3 Å². The number of thiophene rings is 1. The van der Waals surface area contributed by atoms with Crippen molar-refractivity contribution in [2.45, 2.75) is 19.9 Å². The lowest BCUT2D eigenvalue weighted by Crippen LogP contribution is -2.20. The molecule has 1 aromatic heterocycles. The molecule has 86 valence electrons. The zero-order chi connectivity index (χ0) is 11.1.